The average Bonchev–Trinajstić information content (AvgIpc) is 2.62. The molecule has 0 aromatic carbocycles. The lowest BCUT2D eigenvalue weighted by Gasteiger charge is -2.26. The largest absolute Gasteiger partial charge is 0.393 e. The van der Waals surface area contributed by atoms with E-state index in [0.29, 0.717) is 17.1 Å². The Kier molecular flexibility index (Phi) is 4.78. The zero-order valence-corrected chi connectivity index (χ0v) is 9.85. The van der Waals surface area contributed by atoms with Crippen LogP contribution in [-0.2, 0) is 4.74 Å². The van der Waals surface area contributed by atoms with Gasteiger partial charge >= 0.3 is 0 Å². The molecule has 82 valence electrons. The summed E-state index contributed by atoms with van der Waals surface area (Å²) in [6.07, 6.45) is 3.47. The molecule has 1 saturated heterocycles. The number of nitrogens with two attached hydrogens (primary N) is 1. The number of methoxy groups -OCH3 is 1. The lowest BCUT2D eigenvalue weighted by atomic mass is 10.1. The lowest BCUT2D eigenvalue weighted by Crippen LogP contribution is -2.36. The van der Waals surface area contributed by atoms with E-state index in [1.165, 1.54) is 0 Å². The van der Waals surface area contributed by atoms with E-state index in [1.807, 2.05) is 0 Å². The van der Waals surface area contributed by atoms with Crippen molar-refractivity contribution >= 4 is 17.2 Å². The highest BCUT2D eigenvalue weighted by Gasteiger charge is 2.27. The normalized spacial score (nSPS) is 25.1. The number of hydrogen-bond donors (Lipinski definition) is 1. The first-order valence-corrected chi connectivity index (χ1v) is 5.63. The monoisotopic (exact) mass is 216 g/mol. The molecular formula is C10H20N2OS. The van der Waals surface area contributed by atoms with Gasteiger partial charge in [-0.1, -0.05) is 19.1 Å². The molecule has 0 spiro atoms. The lowest BCUT2D eigenvalue weighted by molar-refractivity contribution is 0.101. The predicted molar refractivity (Wildman–Crippen MR) is 62.5 cm³/mol. The van der Waals surface area contributed by atoms with Crippen molar-refractivity contribution in [2.75, 3.05) is 20.2 Å². The number of nitrogens with zero attached hydrogens (tertiary/aromatic N) is 1. The van der Waals surface area contributed by atoms with Crippen LogP contribution in [0.2, 0.25) is 0 Å². The van der Waals surface area contributed by atoms with Gasteiger partial charge in [0.05, 0.1) is 11.1 Å². The van der Waals surface area contributed by atoms with Gasteiger partial charge in [-0.05, 0) is 12.8 Å². The average molecular weight is 216 g/mol. The van der Waals surface area contributed by atoms with Crippen molar-refractivity contribution in [3.8, 4) is 0 Å². The number of ether oxygens (including phenoxy) is 1. The molecule has 0 aromatic heterocycles. The molecule has 2 unspecified atom stereocenters. The first kappa shape index (κ1) is 11.9. The topological polar surface area (TPSA) is 38.5 Å². The zero-order chi connectivity index (χ0) is 10.6. The van der Waals surface area contributed by atoms with Gasteiger partial charge in [-0.15, -0.1) is 0 Å². The van der Waals surface area contributed by atoms with Gasteiger partial charge in [-0.2, -0.15) is 0 Å². The molecule has 4 heteroatoms. The van der Waals surface area contributed by atoms with Gasteiger partial charge in [0.25, 0.3) is 0 Å². The van der Waals surface area contributed by atoms with Gasteiger partial charge in [-0.25, -0.2) is 0 Å². The van der Waals surface area contributed by atoms with Crippen LogP contribution < -0.4 is 5.73 Å². The smallest absolute Gasteiger partial charge is 0.0743 e. The number of rotatable bonds is 5. The first-order chi connectivity index (χ1) is 6.67. The molecule has 0 saturated carbocycles. The molecular weight excluding hydrogens is 196 g/mol. The standard InChI is InChI=1S/C10H20N2OS/c1-3-8(6-10(11)14)12-5-4-9(7-12)13-2/h8-9H,3-7H2,1-2H3,(H2,11,14). The molecule has 0 amide bonds. The Labute approximate surface area is 91.6 Å². The van der Waals surface area contributed by atoms with Crippen molar-refractivity contribution in [1.29, 1.82) is 0 Å². The fourth-order valence-electron chi connectivity index (χ4n) is 2.04. The summed E-state index contributed by atoms with van der Waals surface area (Å²) in [5, 5.41) is 0. The summed E-state index contributed by atoms with van der Waals surface area (Å²) in [4.78, 5) is 3.06. The minimum Gasteiger partial charge on any atom is -0.393 e. The van der Waals surface area contributed by atoms with E-state index >= 15 is 0 Å². The van der Waals surface area contributed by atoms with Gasteiger partial charge in [0, 0.05) is 32.7 Å². The highest BCUT2D eigenvalue weighted by molar-refractivity contribution is 7.80. The Morgan fingerprint density at radius 2 is 2.43 bits per heavy atom. The predicted octanol–water partition coefficient (Wildman–Crippen LogP) is 1.16. The van der Waals surface area contributed by atoms with Crippen molar-refractivity contribution in [3.63, 3.8) is 0 Å². The Balaban J connectivity index is 2.42. The maximum Gasteiger partial charge on any atom is 0.0743 e. The summed E-state index contributed by atoms with van der Waals surface area (Å²) in [5.41, 5.74) is 5.58. The van der Waals surface area contributed by atoms with E-state index in [-0.39, 0.29) is 0 Å². The molecule has 1 rings (SSSR count). The van der Waals surface area contributed by atoms with Crippen LogP contribution in [0.25, 0.3) is 0 Å². The van der Waals surface area contributed by atoms with E-state index in [1.54, 1.807) is 7.11 Å². The van der Waals surface area contributed by atoms with Crippen LogP contribution in [0.3, 0.4) is 0 Å². The van der Waals surface area contributed by atoms with Crippen LogP contribution in [0.5, 0.6) is 0 Å². The van der Waals surface area contributed by atoms with Crippen molar-refractivity contribution in [3.05, 3.63) is 0 Å². The Morgan fingerprint density at radius 3 is 2.86 bits per heavy atom. The van der Waals surface area contributed by atoms with E-state index in [0.717, 1.165) is 32.4 Å². The highest BCUT2D eigenvalue weighted by atomic mass is 32.1. The summed E-state index contributed by atoms with van der Waals surface area (Å²) >= 11 is 4.95. The Morgan fingerprint density at radius 1 is 1.71 bits per heavy atom. The van der Waals surface area contributed by atoms with E-state index < -0.39 is 0 Å². The molecule has 0 aromatic rings. The maximum absolute atomic E-state index is 5.58. The molecule has 2 N–H and O–H groups in total. The summed E-state index contributed by atoms with van der Waals surface area (Å²) in [7, 11) is 1.78. The Bertz CT molecular complexity index is 199. The van der Waals surface area contributed by atoms with Crippen molar-refractivity contribution in [2.24, 2.45) is 5.73 Å². The van der Waals surface area contributed by atoms with Crippen LogP contribution >= 0.6 is 12.2 Å². The molecule has 2 atom stereocenters. The fourth-order valence-corrected chi connectivity index (χ4v) is 2.23. The molecule has 1 fully saturated rings. The summed E-state index contributed by atoms with van der Waals surface area (Å²) < 4.78 is 5.34. The summed E-state index contributed by atoms with van der Waals surface area (Å²) in [6.45, 7) is 4.32. The minimum absolute atomic E-state index is 0.399. The fraction of sp³-hybridized carbons (Fsp3) is 0.900. The van der Waals surface area contributed by atoms with E-state index in [4.69, 9.17) is 22.7 Å². The highest BCUT2D eigenvalue weighted by Crippen LogP contribution is 2.18. The van der Waals surface area contributed by atoms with Gasteiger partial charge < -0.3 is 10.5 Å². The van der Waals surface area contributed by atoms with Crippen LogP contribution in [-0.4, -0.2) is 42.2 Å². The molecule has 1 aliphatic rings. The van der Waals surface area contributed by atoms with Gasteiger partial charge in [-0.3, -0.25) is 4.90 Å². The third-order valence-corrected chi connectivity index (χ3v) is 3.10. The van der Waals surface area contributed by atoms with Gasteiger partial charge in [0.2, 0.25) is 0 Å². The molecule has 14 heavy (non-hydrogen) atoms. The van der Waals surface area contributed by atoms with Crippen molar-refractivity contribution in [2.45, 2.75) is 38.3 Å². The number of hydrogen-bond acceptors (Lipinski definition) is 3. The second-order valence-corrected chi connectivity index (χ2v) is 4.40. The van der Waals surface area contributed by atoms with Crippen molar-refractivity contribution < 1.29 is 4.74 Å². The SMILES string of the molecule is CCC(CC(N)=S)N1CCC(OC)C1. The number of thiocarbonyl (C=S) groups is 1. The second kappa shape index (κ2) is 5.63. The quantitative estimate of drug-likeness (QED) is 0.700. The van der Waals surface area contributed by atoms with Crippen LogP contribution in [0, 0.1) is 0 Å². The van der Waals surface area contributed by atoms with Gasteiger partial charge in [0.15, 0.2) is 0 Å². The zero-order valence-electron chi connectivity index (χ0n) is 9.03. The Hall–Kier alpha value is -0.190. The molecule has 1 aliphatic heterocycles. The van der Waals surface area contributed by atoms with Crippen molar-refractivity contribution in [1.82, 2.24) is 4.90 Å². The minimum atomic E-state index is 0.399. The molecule has 3 nitrogen and oxygen atoms in total. The molecule has 0 radical (unpaired) electrons. The van der Waals surface area contributed by atoms with E-state index in [2.05, 4.69) is 11.8 Å². The van der Waals surface area contributed by atoms with Crippen LogP contribution in [0.1, 0.15) is 26.2 Å². The second-order valence-electron chi connectivity index (χ2n) is 3.87. The van der Waals surface area contributed by atoms with E-state index in [9.17, 15) is 0 Å². The third-order valence-electron chi connectivity index (χ3n) is 2.93. The van der Waals surface area contributed by atoms with Crippen LogP contribution in [0.4, 0.5) is 0 Å². The molecule has 1 heterocycles. The van der Waals surface area contributed by atoms with Gasteiger partial charge in [0.1, 0.15) is 0 Å². The molecule has 0 bridgehead atoms. The first-order valence-electron chi connectivity index (χ1n) is 5.22. The third kappa shape index (κ3) is 3.19. The summed E-state index contributed by atoms with van der Waals surface area (Å²) in [6, 6.07) is 0.507. The number of likely N-dealkylation sites (tertiary alicyclic amines) is 1. The van der Waals surface area contributed by atoms with Crippen LogP contribution in [0.15, 0.2) is 0 Å². The maximum atomic E-state index is 5.58. The summed E-state index contributed by atoms with van der Waals surface area (Å²) in [5.74, 6) is 0. The molecule has 0 aliphatic carbocycles.